The van der Waals surface area contributed by atoms with Gasteiger partial charge in [0.15, 0.2) is 0 Å². The second-order valence-electron chi connectivity index (χ2n) is 4.82. The highest BCUT2D eigenvalue weighted by Gasteiger charge is 2.40. The van der Waals surface area contributed by atoms with E-state index in [1.54, 1.807) is 9.80 Å². The molecule has 5 heteroatoms. The molecule has 1 unspecified atom stereocenters. The Labute approximate surface area is 101 Å². The molecule has 1 heterocycles. The minimum Gasteiger partial charge on any atom is -0.395 e. The molecule has 5 nitrogen and oxygen atoms in total. The molecule has 2 amide bonds. The number of amides is 2. The summed E-state index contributed by atoms with van der Waals surface area (Å²) in [6.07, 6.45) is 2.40. The van der Waals surface area contributed by atoms with Crippen molar-refractivity contribution < 1.29 is 14.7 Å². The smallest absolute Gasteiger partial charge is 0.228 e. The Kier molecular flexibility index (Phi) is 3.66. The number of carbonyl (C=O) groups is 2. The van der Waals surface area contributed by atoms with E-state index in [1.807, 2.05) is 6.92 Å². The van der Waals surface area contributed by atoms with Gasteiger partial charge in [0.1, 0.15) is 0 Å². The average Bonchev–Trinajstić information content (AvgIpc) is 3.08. The Balaban J connectivity index is 1.97. The molecule has 0 bridgehead atoms. The zero-order valence-electron chi connectivity index (χ0n) is 10.3. The van der Waals surface area contributed by atoms with Crippen LogP contribution in [0.15, 0.2) is 0 Å². The normalized spacial score (nSPS) is 24.2. The van der Waals surface area contributed by atoms with Gasteiger partial charge in [0.2, 0.25) is 11.8 Å². The maximum absolute atomic E-state index is 12.3. The predicted molar refractivity (Wildman–Crippen MR) is 62.2 cm³/mol. The summed E-state index contributed by atoms with van der Waals surface area (Å²) >= 11 is 0. The first-order valence-electron chi connectivity index (χ1n) is 6.36. The van der Waals surface area contributed by atoms with Gasteiger partial charge in [-0.15, -0.1) is 0 Å². The van der Waals surface area contributed by atoms with Crippen LogP contribution in [0.1, 0.15) is 26.2 Å². The highest BCUT2D eigenvalue weighted by Crippen LogP contribution is 2.30. The van der Waals surface area contributed by atoms with Gasteiger partial charge in [-0.25, -0.2) is 0 Å². The van der Waals surface area contributed by atoms with Gasteiger partial charge in [-0.05, 0) is 19.8 Å². The quantitative estimate of drug-likeness (QED) is 0.726. The van der Waals surface area contributed by atoms with Crippen LogP contribution >= 0.6 is 0 Å². The van der Waals surface area contributed by atoms with E-state index in [-0.39, 0.29) is 24.3 Å². The fourth-order valence-corrected chi connectivity index (χ4v) is 2.44. The lowest BCUT2D eigenvalue weighted by atomic mass is 10.1. The van der Waals surface area contributed by atoms with Crippen molar-refractivity contribution in [2.45, 2.75) is 32.2 Å². The van der Waals surface area contributed by atoms with Gasteiger partial charge in [-0.1, -0.05) is 0 Å². The Bertz CT molecular complexity index is 315. The summed E-state index contributed by atoms with van der Waals surface area (Å²) in [6.45, 7) is 3.55. The lowest BCUT2D eigenvalue weighted by Crippen LogP contribution is -2.40. The first kappa shape index (κ1) is 12.4. The maximum atomic E-state index is 12.3. The molecule has 1 aliphatic carbocycles. The highest BCUT2D eigenvalue weighted by atomic mass is 16.3. The fraction of sp³-hybridized carbons (Fsp3) is 0.833. The van der Waals surface area contributed by atoms with Crippen LogP contribution in [-0.4, -0.2) is 59.0 Å². The molecular formula is C12H20N2O3. The van der Waals surface area contributed by atoms with Gasteiger partial charge >= 0.3 is 0 Å². The number of likely N-dealkylation sites (tertiary alicyclic amines) is 1. The average molecular weight is 240 g/mol. The molecule has 1 N–H and O–H groups in total. The van der Waals surface area contributed by atoms with Crippen LogP contribution in [0, 0.1) is 5.92 Å². The molecule has 96 valence electrons. The number of aliphatic hydroxyl groups is 1. The second kappa shape index (κ2) is 5.04. The van der Waals surface area contributed by atoms with Gasteiger partial charge in [-0.2, -0.15) is 0 Å². The van der Waals surface area contributed by atoms with Crippen molar-refractivity contribution in [2.24, 2.45) is 5.92 Å². The predicted octanol–water partition coefficient (Wildman–Crippen LogP) is -0.162. The van der Waals surface area contributed by atoms with Crippen LogP contribution < -0.4 is 0 Å². The molecule has 1 saturated heterocycles. The molecule has 1 aliphatic heterocycles. The molecule has 0 spiro atoms. The zero-order chi connectivity index (χ0) is 12.4. The molecule has 17 heavy (non-hydrogen) atoms. The van der Waals surface area contributed by atoms with Crippen LogP contribution in [0.3, 0.4) is 0 Å². The van der Waals surface area contributed by atoms with Gasteiger partial charge in [0, 0.05) is 32.1 Å². The fourth-order valence-electron chi connectivity index (χ4n) is 2.44. The molecule has 0 aromatic rings. The summed E-state index contributed by atoms with van der Waals surface area (Å²) in [5, 5.41) is 8.98. The third-order valence-electron chi connectivity index (χ3n) is 3.56. The summed E-state index contributed by atoms with van der Waals surface area (Å²) in [6, 6.07) is 0.306. The molecule has 1 saturated carbocycles. The van der Waals surface area contributed by atoms with Crippen molar-refractivity contribution >= 4 is 11.8 Å². The van der Waals surface area contributed by atoms with Gasteiger partial charge in [0.25, 0.3) is 0 Å². The number of hydrogen-bond donors (Lipinski definition) is 1. The summed E-state index contributed by atoms with van der Waals surface area (Å²) in [7, 11) is 0. The van der Waals surface area contributed by atoms with E-state index >= 15 is 0 Å². The maximum Gasteiger partial charge on any atom is 0.228 e. The number of aliphatic hydroxyl groups excluding tert-OH is 1. The van der Waals surface area contributed by atoms with Crippen molar-refractivity contribution in [3.63, 3.8) is 0 Å². The third-order valence-corrected chi connectivity index (χ3v) is 3.56. The van der Waals surface area contributed by atoms with Crippen molar-refractivity contribution in [3.05, 3.63) is 0 Å². The zero-order valence-corrected chi connectivity index (χ0v) is 10.3. The lowest BCUT2D eigenvalue weighted by Gasteiger charge is -2.24. The van der Waals surface area contributed by atoms with Gasteiger partial charge in [0.05, 0.1) is 12.5 Å². The third kappa shape index (κ3) is 2.60. The first-order chi connectivity index (χ1) is 8.17. The van der Waals surface area contributed by atoms with Gasteiger partial charge in [-0.3, -0.25) is 9.59 Å². The minimum atomic E-state index is -0.199. The summed E-state index contributed by atoms with van der Waals surface area (Å²) in [5.74, 6) is -0.0777. The molecular weight excluding hydrogens is 220 g/mol. The summed E-state index contributed by atoms with van der Waals surface area (Å²) in [4.78, 5) is 27.3. The molecule has 2 fully saturated rings. The monoisotopic (exact) mass is 240 g/mol. The largest absolute Gasteiger partial charge is 0.395 e. The Morgan fingerprint density at radius 3 is 2.71 bits per heavy atom. The molecule has 0 aromatic heterocycles. The first-order valence-corrected chi connectivity index (χ1v) is 6.36. The number of hydrogen-bond acceptors (Lipinski definition) is 3. The number of nitrogens with zero attached hydrogens (tertiary/aromatic N) is 2. The molecule has 0 aromatic carbocycles. The summed E-state index contributed by atoms with van der Waals surface area (Å²) < 4.78 is 0. The van der Waals surface area contributed by atoms with Crippen molar-refractivity contribution in [3.8, 4) is 0 Å². The van der Waals surface area contributed by atoms with E-state index < -0.39 is 0 Å². The van der Waals surface area contributed by atoms with Gasteiger partial charge < -0.3 is 14.9 Å². The Morgan fingerprint density at radius 2 is 2.24 bits per heavy atom. The van der Waals surface area contributed by atoms with E-state index in [0.717, 1.165) is 12.8 Å². The SMILES string of the molecule is CCN1CC(C(=O)N(CCO)C2CC2)CC1=O. The number of carbonyl (C=O) groups excluding carboxylic acids is 2. The minimum absolute atomic E-state index is 0.000395. The van der Waals surface area contributed by atoms with E-state index in [9.17, 15) is 9.59 Å². The van der Waals surface area contributed by atoms with Crippen LogP contribution in [0.4, 0.5) is 0 Å². The van der Waals surface area contributed by atoms with Crippen LogP contribution in [0.5, 0.6) is 0 Å². The topological polar surface area (TPSA) is 60.9 Å². The molecule has 2 aliphatic rings. The van der Waals surface area contributed by atoms with E-state index in [1.165, 1.54) is 0 Å². The van der Waals surface area contributed by atoms with Crippen molar-refractivity contribution in [1.82, 2.24) is 9.80 Å². The van der Waals surface area contributed by atoms with Crippen molar-refractivity contribution in [1.29, 1.82) is 0 Å². The van der Waals surface area contributed by atoms with Crippen LogP contribution in [0.25, 0.3) is 0 Å². The highest BCUT2D eigenvalue weighted by molar-refractivity contribution is 5.89. The standard InChI is InChI=1S/C12H20N2O3/c1-2-13-8-9(7-11(13)16)12(17)14(5-6-15)10-3-4-10/h9-10,15H,2-8H2,1H3. The Hall–Kier alpha value is -1.10. The molecule has 0 radical (unpaired) electrons. The van der Waals surface area contributed by atoms with Crippen molar-refractivity contribution in [2.75, 3.05) is 26.2 Å². The van der Waals surface area contributed by atoms with E-state index in [4.69, 9.17) is 5.11 Å². The molecule has 2 rings (SSSR count). The second-order valence-corrected chi connectivity index (χ2v) is 4.82. The Morgan fingerprint density at radius 1 is 1.53 bits per heavy atom. The van der Waals surface area contributed by atoms with Crippen LogP contribution in [-0.2, 0) is 9.59 Å². The molecule has 1 atom stereocenters. The number of rotatable bonds is 5. The van der Waals surface area contributed by atoms with Crippen LogP contribution in [0.2, 0.25) is 0 Å². The van der Waals surface area contributed by atoms with E-state index in [2.05, 4.69) is 0 Å². The van der Waals surface area contributed by atoms with E-state index in [0.29, 0.717) is 32.1 Å². The lowest BCUT2D eigenvalue weighted by molar-refractivity contribution is -0.136. The summed E-state index contributed by atoms with van der Waals surface area (Å²) in [5.41, 5.74) is 0.